The summed E-state index contributed by atoms with van der Waals surface area (Å²) in [5.74, 6) is 0.527. The van der Waals surface area contributed by atoms with Gasteiger partial charge in [-0.25, -0.2) is 4.57 Å². The Morgan fingerprint density at radius 1 is 1.11 bits per heavy atom. The molecule has 0 amide bonds. The number of phosphoric acid groups is 1. The number of benzene rings is 1. The zero-order chi connectivity index (χ0) is 14.1. The second-order valence-corrected chi connectivity index (χ2v) is 6.88. The summed E-state index contributed by atoms with van der Waals surface area (Å²) in [6.07, 6.45) is 0. The Balaban J connectivity index is 3.46. The van der Waals surface area contributed by atoms with Crippen molar-refractivity contribution in [3.63, 3.8) is 0 Å². The highest BCUT2D eigenvalue weighted by atomic mass is 79.9. The summed E-state index contributed by atoms with van der Waals surface area (Å²) in [5, 5.41) is 0. The molecule has 0 fully saturated rings. The molecular weight excluding hydrogens is 319 g/mol. The van der Waals surface area contributed by atoms with Gasteiger partial charge in [0.2, 0.25) is 0 Å². The van der Waals surface area contributed by atoms with Gasteiger partial charge in [0.25, 0.3) is 0 Å². The van der Waals surface area contributed by atoms with Gasteiger partial charge in [0, 0.05) is 4.47 Å². The van der Waals surface area contributed by atoms with E-state index in [2.05, 4.69) is 15.9 Å². The number of rotatable bonds is 4. The van der Waals surface area contributed by atoms with Crippen molar-refractivity contribution >= 4 is 23.8 Å². The van der Waals surface area contributed by atoms with Crippen molar-refractivity contribution in [2.45, 2.75) is 39.5 Å². The van der Waals surface area contributed by atoms with E-state index in [1.165, 1.54) is 0 Å². The maximum Gasteiger partial charge on any atom is 0.524 e. The smallest absolute Gasteiger partial charge is 0.404 e. The number of hydrogen-bond acceptors (Lipinski definition) is 2. The van der Waals surface area contributed by atoms with Crippen LogP contribution in [0.15, 0.2) is 16.6 Å². The van der Waals surface area contributed by atoms with Crippen LogP contribution in [0.4, 0.5) is 0 Å². The van der Waals surface area contributed by atoms with Gasteiger partial charge in [-0.05, 0) is 35.1 Å². The average Bonchev–Trinajstić information content (AvgIpc) is 2.17. The van der Waals surface area contributed by atoms with Gasteiger partial charge < -0.3 is 4.52 Å². The largest absolute Gasteiger partial charge is 0.524 e. The maximum absolute atomic E-state index is 11.1. The fourth-order valence-electron chi connectivity index (χ4n) is 1.72. The second kappa shape index (κ2) is 5.74. The first kappa shape index (κ1) is 15.7. The molecular formula is C12H18BrO4P. The van der Waals surface area contributed by atoms with Gasteiger partial charge in [0.15, 0.2) is 0 Å². The minimum absolute atomic E-state index is 0.113. The normalized spacial score (nSPS) is 12.3. The lowest BCUT2D eigenvalue weighted by Crippen LogP contribution is -2.02. The zero-order valence-corrected chi connectivity index (χ0v) is 13.3. The van der Waals surface area contributed by atoms with Gasteiger partial charge >= 0.3 is 7.82 Å². The van der Waals surface area contributed by atoms with Crippen molar-refractivity contribution in [3.8, 4) is 5.75 Å². The molecule has 4 nitrogen and oxygen atoms in total. The standard InChI is InChI=1S/C12H18BrO4P/c1-7(2)10-5-9(13)6-11(8(3)4)12(10)17-18(14,15)16/h5-8H,1-4H3,(H2,14,15,16). The molecule has 0 aliphatic rings. The van der Waals surface area contributed by atoms with Crippen molar-refractivity contribution in [2.24, 2.45) is 0 Å². The SMILES string of the molecule is CC(C)c1cc(Br)cc(C(C)C)c1OP(=O)(O)O. The third-order valence-electron chi connectivity index (χ3n) is 2.57. The van der Waals surface area contributed by atoms with E-state index in [4.69, 9.17) is 14.3 Å². The molecule has 0 aliphatic carbocycles. The zero-order valence-electron chi connectivity index (χ0n) is 10.8. The molecule has 1 aromatic carbocycles. The highest BCUT2D eigenvalue weighted by Crippen LogP contribution is 2.45. The van der Waals surface area contributed by atoms with Crippen LogP contribution in [0.25, 0.3) is 0 Å². The summed E-state index contributed by atoms with van der Waals surface area (Å²) < 4.78 is 16.9. The first-order valence-electron chi connectivity index (χ1n) is 5.70. The van der Waals surface area contributed by atoms with Gasteiger partial charge in [-0.2, -0.15) is 0 Å². The number of hydrogen-bond donors (Lipinski definition) is 2. The molecule has 0 saturated heterocycles. The summed E-state index contributed by atoms with van der Waals surface area (Å²) in [7, 11) is -4.55. The molecule has 0 bridgehead atoms. The van der Waals surface area contributed by atoms with Crippen molar-refractivity contribution in [1.29, 1.82) is 0 Å². The number of phosphoric ester groups is 1. The maximum atomic E-state index is 11.1. The van der Waals surface area contributed by atoms with E-state index in [0.29, 0.717) is 5.75 Å². The Bertz CT molecular complexity index is 450. The Morgan fingerprint density at radius 2 is 1.50 bits per heavy atom. The van der Waals surface area contributed by atoms with Crippen molar-refractivity contribution in [2.75, 3.05) is 0 Å². The van der Waals surface area contributed by atoms with E-state index in [1.807, 2.05) is 39.8 Å². The Kier molecular flexibility index (Phi) is 5.01. The first-order chi connectivity index (χ1) is 8.11. The molecule has 0 atom stereocenters. The molecule has 6 heteroatoms. The molecule has 102 valence electrons. The van der Waals surface area contributed by atoms with Crippen LogP contribution >= 0.6 is 23.8 Å². The molecule has 0 saturated carbocycles. The molecule has 1 rings (SSSR count). The van der Waals surface area contributed by atoms with Crippen LogP contribution in [0, 0.1) is 0 Å². The van der Waals surface area contributed by atoms with Crippen LogP contribution in [0.5, 0.6) is 5.75 Å². The van der Waals surface area contributed by atoms with Crippen molar-refractivity contribution in [3.05, 3.63) is 27.7 Å². The minimum atomic E-state index is -4.55. The molecule has 0 spiro atoms. The van der Waals surface area contributed by atoms with Crippen LogP contribution < -0.4 is 4.52 Å². The topological polar surface area (TPSA) is 66.8 Å². The van der Waals surface area contributed by atoms with Gasteiger partial charge in [-0.1, -0.05) is 43.6 Å². The van der Waals surface area contributed by atoms with E-state index in [0.717, 1.165) is 15.6 Å². The molecule has 1 aromatic rings. The quantitative estimate of drug-likeness (QED) is 0.810. The fourth-order valence-corrected chi connectivity index (χ4v) is 2.66. The van der Waals surface area contributed by atoms with Crippen molar-refractivity contribution < 1.29 is 18.9 Å². The van der Waals surface area contributed by atoms with Gasteiger partial charge in [0.1, 0.15) is 5.75 Å². The highest BCUT2D eigenvalue weighted by molar-refractivity contribution is 9.10. The monoisotopic (exact) mass is 336 g/mol. The van der Waals surface area contributed by atoms with Gasteiger partial charge in [-0.3, -0.25) is 9.79 Å². The number of halogens is 1. The molecule has 0 unspecified atom stereocenters. The summed E-state index contributed by atoms with van der Waals surface area (Å²) in [6.45, 7) is 7.83. The van der Waals surface area contributed by atoms with Crippen molar-refractivity contribution in [1.82, 2.24) is 0 Å². The summed E-state index contributed by atoms with van der Waals surface area (Å²) >= 11 is 3.41. The lowest BCUT2D eigenvalue weighted by atomic mass is 9.94. The summed E-state index contributed by atoms with van der Waals surface area (Å²) in [4.78, 5) is 18.1. The predicted molar refractivity (Wildman–Crippen MR) is 75.0 cm³/mol. The van der Waals surface area contributed by atoms with E-state index in [9.17, 15) is 4.57 Å². The Morgan fingerprint density at radius 3 is 1.78 bits per heavy atom. The van der Waals surface area contributed by atoms with Crippen LogP contribution in [-0.2, 0) is 4.57 Å². The molecule has 0 heterocycles. The third kappa shape index (κ3) is 4.09. The Hall–Kier alpha value is -0.350. The summed E-state index contributed by atoms with van der Waals surface area (Å²) in [6, 6.07) is 3.67. The molecule has 0 aliphatic heterocycles. The van der Waals surface area contributed by atoms with Crippen LogP contribution in [0.3, 0.4) is 0 Å². The molecule has 2 N–H and O–H groups in total. The van der Waals surface area contributed by atoms with Crippen LogP contribution in [0.2, 0.25) is 0 Å². The first-order valence-corrected chi connectivity index (χ1v) is 8.02. The van der Waals surface area contributed by atoms with Crippen LogP contribution in [0.1, 0.15) is 50.7 Å². The average molecular weight is 337 g/mol. The molecule has 18 heavy (non-hydrogen) atoms. The fraction of sp³-hybridized carbons (Fsp3) is 0.500. The molecule has 0 aromatic heterocycles. The lowest BCUT2D eigenvalue weighted by molar-refractivity contribution is 0.280. The van der Waals surface area contributed by atoms with E-state index in [1.54, 1.807) is 0 Å². The Labute approximate surface area is 116 Å². The van der Waals surface area contributed by atoms with Gasteiger partial charge in [-0.15, -0.1) is 0 Å². The van der Waals surface area contributed by atoms with E-state index < -0.39 is 7.82 Å². The third-order valence-corrected chi connectivity index (χ3v) is 3.44. The predicted octanol–water partition coefficient (Wildman–Crippen LogP) is 4.17. The highest BCUT2D eigenvalue weighted by Gasteiger charge is 2.24. The van der Waals surface area contributed by atoms with E-state index in [-0.39, 0.29) is 11.8 Å². The van der Waals surface area contributed by atoms with E-state index >= 15 is 0 Å². The second-order valence-electron chi connectivity index (χ2n) is 4.80. The van der Waals surface area contributed by atoms with Crippen LogP contribution in [-0.4, -0.2) is 9.79 Å². The lowest BCUT2D eigenvalue weighted by Gasteiger charge is -2.20. The summed E-state index contributed by atoms with van der Waals surface area (Å²) in [5.41, 5.74) is 1.58. The molecule has 0 radical (unpaired) electrons. The minimum Gasteiger partial charge on any atom is -0.404 e. The van der Waals surface area contributed by atoms with Gasteiger partial charge in [0.05, 0.1) is 0 Å².